The number of Topliss-reactive ketones (excluding diaryl/α,β-unsaturated/α-hetero) is 2. The van der Waals surface area contributed by atoms with Crippen LogP contribution in [0.2, 0.25) is 0 Å². The lowest BCUT2D eigenvalue weighted by molar-refractivity contribution is -0.154. The van der Waals surface area contributed by atoms with Crippen LogP contribution in [0.4, 0.5) is 0 Å². The van der Waals surface area contributed by atoms with E-state index in [0.29, 0.717) is 44.8 Å². The summed E-state index contributed by atoms with van der Waals surface area (Å²) in [6.45, 7) is 32.4. The highest BCUT2D eigenvalue weighted by Crippen LogP contribution is 2.15. The molecule has 0 aliphatic carbocycles. The third kappa shape index (κ3) is 87.5. The van der Waals surface area contributed by atoms with Crippen LogP contribution >= 0.6 is 0 Å². The fraction of sp³-hybridized carbons (Fsp3) is 0.918. The van der Waals surface area contributed by atoms with Crippen LogP contribution in [0.15, 0.2) is 0 Å². The fourth-order valence-electron chi connectivity index (χ4n) is 8.62. The van der Waals surface area contributed by atoms with Crippen molar-refractivity contribution in [3.05, 3.63) is 0 Å². The first kappa shape index (κ1) is 91.8. The van der Waals surface area contributed by atoms with Crippen LogP contribution in [0.5, 0.6) is 0 Å². The number of hydrogen-bond acceptors (Lipinski definition) is 13. The van der Waals surface area contributed by atoms with Crippen molar-refractivity contribution in [3.63, 3.8) is 0 Å². The van der Waals surface area contributed by atoms with Gasteiger partial charge >= 0.3 is 23.9 Å². The van der Waals surface area contributed by atoms with E-state index in [-0.39, 0.29) is 80.1 Å². The predicted octanol–water partition coefficient (Wildman–Crippen LogP) is 20.5. The molecule has 0 spiro atoms. The van der Waals surface area contributed by atoms with Gasteiger partial charge in [-0.25, -0.2) is 5.48 Å². The third-order valence-corrected chi connectivity index (χ3v) is 14.6. The molecular weight excluding hydrogens is 1080 g/mol. The standard InChI is InChI=1S/C28H52O6.C23H45NO4.C10H20O2.2C6H14/c1-5-7-9-11-13-15-17-26(29)33-22-25(21-28(31)32-20-19-24(3)4)23-34-27(30)18-16-14-12-10-8-6-2;1-4-6-8-10-12-14-16-23(26)27-19-22(18-21(3)25)20-28-24-17-15-13-11-9-7-5-2;1-4-9(2)6-5-7-12-8-10(3)11;2*1-3-5-6-4-2/h24-25H,5-23H2,1-4H3;22,24H,4-20H2,1-3H3;9H,4-8H2,1-3H3;2*3-6H2,1-2H3. The number of hydrogen-bond donors (Lipinski definition) is 1. The Morgan fingerprint density at radius 2 is 0.698 bits per heavy atom. The van der Waals surface area contributed by atoms with E-state index in [0.717, 1.165) is 89.7 Å². The Morgan fingerprint density at radius 3 is 1.05 bits per heavy atom. The quantitative estimate of drug-likeness (QED) is 0.0264. The molecule has 0 amide bonds. The van der Waals surface area contributed by atoms with Gasteiger partial charge in [0.2, 0.25) is 0 Å². The number of unbranched alkanes of at least 4 members (excludes halogenated alkanes) is 26. The van der Waals surface area contributed by atoms with E-state index in [1.807, 2.05) is 0 Å². The van der Waals surface area contributed by atoms with Crippen molar-refractivity contribution in [2.75, 3.05) is 52.8 Å². The van der Waals surface area contributed by atoms with Gasteiger partial charge in [0, 0.05) is 50.7 Å². The van der Waals surface area contributed by atoms with Crippen molar-refractivity contribution in [3.8, 4) is 0 Å². The molecule has 0 saturated carbocycles. The molecule has 0 aromatic heterocycles. The summed E-state index contributed by atoms with van der Waals surface area (Å²) in [5, 5.41) is 0. The number of carbonyl (C=O) groups is 6. The van der Waals surface area contributed by atoms with Gasteiger partial charge in [0.25, 0.3) is 0 Å². The monoisotopic (exact) mass is 1230 g/mol. The molecule has 2 unspecified atom stereocenters. The summed E-state index contributed by atoms with van der Waals surface area (Å²) in [6.07, 6.45) is 44.7. The molecule has 86 heavy (non-hydrogen) atoms. The number of ketones is 2. The van der Waals surface area contributed by atoms with E-state index in [1.165, 1.54) is 161 Å². The Morgan fingerprint density at radius 1 is 0.349 bits per heavy atom. The van der Waals surface area contributed by atoms with Gasteiger partial charge in [0.1, 0.15) is 12.4 Å². The molecule has 2 atom stereocenters. The summed E-state index contributed by atoms with van der Waals surface area (Å²) in [6, 6.07) is 0. The number of carbonyl (C=O) groups excluding carboxylic acids is 6. The maximum atomic E-state index is 12.2. The third-order valence-electron chi connectivity index (χ3n) is 14.6. The number of ether oxygens (including phenoxy) is 5. The van der Waals surface area contributed by atoms with Crippen molar-refractivity contribution >= 4 is 35.4 Å². The minimum absolute atomic E-state index is 0.0677. The maximum absolute atomic E-state index is 12.2. The Balaban J connectivity index is -0.000000371. The van der Waals surface area contributed by atoms with Crippen molar-refractivity contribution in [1.29, 1.82) is 0 Å². The minimum Gasteiger partial charge on any atom is -0.466 e. The average molecular weight is 1230 g/mol. The van der Waals surface area contributed by atoms with Crippen LogP contribution in [0.3, 0.4) is 0 Å². The van der Waals surface area contributed by atoms with Gasteiger partial charge < -0.3 is 33.3 Å². The van der Waals surface area contributed by atoms with Gasteiger partial charge in [-0.3, -0.25) is 24.0 Å². The number of hydroxylamine groups is 1. The molecule has 0 aliphatic rings. The highest BCUT2D eigenvalue weighted by molar-refractivity contribution is 5.76. The summed E-state index contributed by atoms with van der Waals surface area (Å²) in [5.74, 6) is -0.0418. The summed E-state index contributed by atoms with van der Waals surface area (Å²) in [7, 11) is 0. The molecule has 13 nitrogen and oxygen atoms in total. The Hall–Kier alpha value is -2.90. The molecule has 0 bridgehead atoms. The van der Waals surface area contributed by atoms with Gasteiger partial charge in [-0.15, -0.1) is 0 Å². The summed E-state index contributed by atoms with van der Waals surface area (Å²) < 4.78 is 26.6. The van der Waals surface area contributed by atoms with Crippen molar-refractivity contribution in [1.82, 2.24) is 5.48 Å². The second-order valence-electron chi connectivity index (χ2n) is 24.6. The number of esters is 4. The lowest BCUT2D eigenvalue weighted by atomic mass is 10.0. The van der Waals surface area contributed by atoms with Crippen LogP contribution in [-0.4, -0.2) is 88.2 Å². The van der Waals surface area contributed by atoms with E-state index >= 15 is 0 Å². The molecule has 514 valence electrons. The van der Waals surface area contributed by atoms with E-state index in [9.17, 15) is 28.8 Å². The maximum Gasteiger partial charge on any atom is 0.306 e. The first-order chi connectivity index (χ1) is 41.5. The van der Waals surface area contributed by atoms with Crippen LogP contribution in [0.25, 0.3) is 0 Å². The van der Waals surface area contributed by atoms with Crippen molar-refractivity contribution in [2.45, 2.75) is 360 Å². The van der Waals surface area contributed by atoms with Gasteiger partial charge in [-0.1, -0.05) is 269 Å². The average Bonchev–Trinajstić information content (AvgIpc) is 3.49. The second kappa shape index (κ2) is 78.2. The zero-order valence-corrected chi connectivity index (χ0v) is 59.4. The van der Waals surface area contributed by atoms with Crippen molar-refractivity contribution in [2.24, 2.45) is 23.7 Å². The predicted molar refractivity (Wildman–Crippen MR) is 361 cm³/mol. The molecule has 0 aromatic rings. The van der Waals surface area contributed by atoms with Crippen LogP contribution in [0, 0.1) is 23.7 Å². The normalized spacial score (nSPS) is 11.4. The van der Waals surface area contributed by atoms with E-state index in [1.54, 1.807) is 13.8 Å². The highest BCUT2D eigenvalue weighted by atomic mass is 16.6. The van der Waals surface area contributed by atoms with Crippen LogP contribution in [0.1, 0.15) is 360 Å². The lowest BCUT2D eigenvalue weighted by Crippen LogP contribution is -2.26. The Labute approximate surface area is 532 Å². The molecule has 0 radical (unpaired) electrons. The summed E-state index contributed by atoms with van der Waals surface area (Å²) in [4.78, 5) is 75.7. The van der Waals surface area contributed by atoms with Gasteiger partial charge in [-0.2, -0.15) is 0 Å². The molecule has 0 aliphatic heterocycles. The minimum atomic E-state index is -0.381. The fourth-order valence-corrected chi connectivity index (χ4v) is 8.62. The molecule has 1 N–H and O–H groups in total. The zero-order valence-electron chi connectivity index (χ0n) is 59.4. The van der Waals surface area contributed by atoms with E-state index < -0.39 is 0 Å². The smallest absolute Gasteiger partial charge is 0.306 e. The molecule has 0 rings (SSSR count). The first-order valence-electron chi connectivity index (χ1n) is 36.0. The molecule has 0 fully saturated rings. The molecule has 0 heterocycles. The molecular formula is C73H145NO12. The molecule has 0 saturated heterocycles. The summed E-state index contributed by atoms with van der Waals surface area (Å²) in [5.41, 5.74) is 2.97. The van der Waals surface area contributed by atoms with Gasteiger partial charge in [-0.05, 0) is 70.6 Å². The number of rotatable bonds is 57. The number of nitrogens with one attached hydrogen (secondary N) is 1. The Kier molecular flexibility index (Phi) is 83.5. The van der Waals surface area contributed by atoms with E-state index in [4.69, 9.17) is 28.5 Å². The van der Waals surface area contributed by atoms with Crippen molar-refractivity contribution < 1.29 is 57.3 Å². The van der Waals surface area contributed by atoms with Crippen LogP contribution in [-0.2, 0) is 57.3 Å². The van der Waals surface area contributed by atoms with Gasteiger partial charge in [0.05, 0.1) is 39.5 Å². The van der Waals surface area contributed by atoms with Crippen LogP contribution < -0.4 is 5.48 Å². The summed E-state index contributed by atoms with van der Waals surface area (Å²) >= 11 is 0. The molecule has 13 heteroatoms. The first-order valence-corrected chi connectivity index (χ1v) is 36.0. The SMILES string of the molecule is CCC(C)CCCOCC(C)=O.CCCCCC.CCCCCC.CCCCCCCCC(=O)OCC(COC(=O)CCCCCCCC)CC(=O)OCCC(C)C.CCCCCCCCNOCC(COC(=O)CCCCCCCC)CC(C)=O. The zero-order chi connectivity index (χ0) is 65.4. The largest absolute Gasteiger partial charge is 0.466 e. The highest BCUT2D eigenvalue weighted by Gasteiger charge is 2.20. The van der Waals surface area contributed by atoms with E-state index in [2.05, 4.69) is 88.6 Å². The Bertz CT molecular complexity index is 1380. The lowest BCUT2D eigenvalue weighted by Gasteiger charge is -2.17. The second-order valence-corrected chi connectivity index (χ2v) is 24.6. The van der Waals surface area contributed by atoms with Gasteiger partial charge in [0.15, 0.2) is 5.78 Å². The topological polar surface area (TPSA) is 170 Å². The molecule has 0 aromatic carbocycles.